The Labute approximate surface area is 228 Å². The van der Waals surface area contributed by atoms with Crippen molar-refractivity contribution in [3.8, 4) is 11.5 Å². The Balaban J connectivity index is 1.61. The lowest BCUT2D eigenvalue weighted by Gasteiger charge is -2.24. The van der Waals surface area contributed by atoms with E-state index in [9.17, 15) is 9.59 Å². The number of hydrogen-bond donors (Lipinski definition) is 0. The van der Waals surface area contributed by atoms with Crippen LogP contribution in [0.3, 0.4) is 0 Å². The predicted octanol–water partition coefficient (Wildman–Crippen LogP) is 5.31. The zero-order valence-electron chi connectivity index (χ0n) is 21.2. The third-order valence-electron chi connectivity index (χ3n) is 6.08. The third kappa shape index (κ3) is 5.23. The minimum absolute atomic E-state index is 0.212. The highest BCUT2D eigenvalue weighted by molar-refractivity contribution is 7.98. The number of nitrogens with zero attached hydrogens (tertiary/aromatic N) is 2. The highest BCUT2D eigenvalue weighted by Gasteiger charge is 2.33. The normalized spacial score (nSPS) is 15.1. The van der Waals surface area contributed by atoms with Gasteiger partial charge in [0.15, 0.2) is 4.80 Å². The van der Waals surface area contributed by atoms with Crippen LogP contribution in [-0.2, 0) is 9.53 Å². The van der Waals surface area contributed by atoms with E-state index in [1.54, 1.807) is 30.2 Å². The Morgan fingerprint density at radius 2 is 1.79 bits per heavy atom. The molecule has 0 saturated heterocycles. The van der Waals surface area contributed by atoms with Gasteiger partial charge in [-0.25, -0.2) is 9.79 Å². The van der Waals surface area contributed by atoms with Gasteiger partial charge in [-0.15, -0.1) is 11.8 Å². The molecular formula is C30H26N2O4S2. The molecule has 192 valence electrons. The summed E-state index contributed by atoms with van der Waals surface area (Å²) in [6, 6.07) is 24.4. The van der Waals surface area contributed by atoms with Crippen molar-refractivity contribution in [2.45, 2.75) is 24.8 Å². The molecule has 0 bridgehead atoms. The quantitative estimate of drug-likeness (QED) is 0.234. The number of ether oxygens (including phenoxy) is 2. The molecule has 1 aliphatic heterocycles. The summed E-state index contributed by atoms with van der Waals surface area (Å²) < 4.78 is 13.5. The van der Waals surface area contributed by atoms with Crippen LogP contribution in [0.1, 0.15) is 31.0 Å². The Morgan fingerprint density at radius 3 is 2.50 bits per heavy atom. The van der Waals surface area contributed by atoms with Crippen LogP contribution in [-0.4, -0.2) is 23.4 Å². The van der Waals surface area contributed by atoms with Gasteiger partial charge in [-0.3, -0.25) is 9.36 Å². The summed E-state index contributed by atoms with van der Waals surface area (Å²) in [4.78, 5) is 33.1. The molecule has 0 N–H and O–H groups in total. The lowest BCUT2D eigenvalue weighted by Crippen LogP contribution is -2.39. The summed E-state index contributed by atoms with van der Waals surface area (Å²) in [6.45, 7) is 3.79. The number of para-hydroxylation sites is 1. The van der Waals surface area contributed by atoms with E-state index in [1.165, 1.54) is 11.3 Å². The zero-order chi connectivity index (χ0) is 26.6. The van der Waals surface area contributed by atoms with E-state index in [1.807, 2.05) is 91.2 Å². The molecule has 0 saturated carbocycles. The molecule has 5 rings (SSSR count). The summed E-state index contributed by atoms with van der Waals surface area (Å²) in [7, 11) is 0. The average molecular weight is 543 g/mol. The van der Waals surface area contributed by atoms with Crippen molar-refractivity contribution in [3.63, 3.8) is 0 Å². The van der Waals surface area contributed by atoms with Crippen LogP contribution in [0.2, 0.25) is 0 Å². The Bertz CT molecular complexity index is 1690. The zero-order valence-corrected chi connectivity index (χ0v) is 22.8. The standard InChI is InChI=1S/C30H26N2O4S2/c1-4-35-29(34)26-19(2)31-30-32(27(26)21-13-15-24(37-3)16-14-21)28(33)25(38-30)18-20-9-8-12-23(17-20)36-22-10-6-5-7-11-22/h5-18,27H,4H2,1-3H3. The largest absolute Gasteiger partial charge is 0.463 e. The Kier molecular flexibility index (Phi) is 7.62. The number of thioether (sulfide) groups is 1. The van der Waals surface area contributed by atoms with Gasteiger partial charge in [0, 0.05) is 4.90 Å². The minimum atomic E-state index is -0.629. The van der Waals surface area contributed by atoms with Gasteiger partial charge >= 0.3 is 5.97 Å². The second kappa shape index (κ2) is 11.2. The summed E-state index contributed by atoms with van der Waals surface area (Å²) in [5.41, 5.74) is 2.36. The molecule has 0 aliphatic carbocycles. The molecular weight excluding hydrogens is 516 g/mol. The number of allylic oxidation sites excluding steroid dienone is 1. The molecule has 1 aromatic heterocycles. The van der Waals surface area contributed by atoms with Crippen LogP contribution in [0.4, 0.5) is 0 Å². The molecule has 1 unspecified atom stereocenters. The molecule has 6 nitrogen and oxygen atoms in total. The summed E-state index contributed by atoms with van der Waals surface area (Å²) >= 11 is 2.93. The number of carbonyl (C=O) groups excluding carboxylic acids is 1. The lowest BCUT2D eigenvalue weighted by atomic mass is 9.96. The van der Waals surface area contributed by atoms with Crippen molar-refractivity contribution in [2.24, 2.45) is 4.99 Å². The molecule has 0 spiro atoms. The maximum Gasteiger partial charge on any atom is 0.338 e. The van der Waals surface area contributed by atoms with Crippen LogP contribution in [0, 0.1) is 0 Å². The topological polar surface area (TPSA) is 69.9 Å². The third-order valence-corrected chi connectivity index (χ3v) is 7.81. The van der Waals surface area contributed by atoms with Gasteiger partial charge in [-0.1, -0.05) is 53.8 Å². The van der Waals surface area contributed by atoms with Crippen molar-refractivity contribution in [3.05, 3.63) is 121 Å². The van der Waals surface area contributed by atoms with Gasteiger partial charge in [0.2, 0.25) is 0 Å². The molecule has 0 radical (unpaired) electrons. The SMILES string of the molecule is CCOC(=O)C1=C(C)N=c2sc(=Cc3cccc(Oc4ccccc4)c3)c(=O)n2C1c1ccc(SC)cc1. The van der Waals surface area contributed by atoms with Crippen molar-refractivity contribution < 1.29 is 14.3 Å². The summed E-state index contributed by atoms with van der Waals surface area (Å²) in [5, 5.41) is 0. The second-order valence-corrected chi connectivity index (χ2v) is 10.5. The molecule has 1 aliphatic rings. The van der Waals surface area contributed by atoms with E-state index in [2.05, 4.69) is 4.99 Å². The number of rotatable bonds is 7. The van der Waals surface area contributed by atoms with Crippen LogP contribution in [0.15, 0.2) is 105 Å². The fourth-order valence-electron chi connectivity index (χ4n) is 4.34. The predicted molar refractivity (Wildman–Crippen MR) is 152 cm³/mol. The summed E-state index contributed by atoms with van der Waals surface area (Å²) in [5.74, 6) is 0.941. The number of carbonyl (C=O) groups is 1. The van der Waals surface area contributed by atoms with Crippen LogP contribution < -0.4 is 19.6 Å². The number of hydrogen-bond acceptors (Lipinski definition) is 7. The first kappa shape index (κ1) is 25.8. The fourth-order valence-corrected chi connectivity index (χ4v) is 5.79. The second-order valence-electron chi connectivity index (χ2n) is 8.56. The molecule has 8 heteroatoms. The number of fused-ring (bicyclic) bond motifs is 1. The average Bonchev–Trinajstić information content (AvgIpc) is 3.23. The fraction of sp³-hybridized carbons (Fsp3) is 0.167. The number of aromatic nitrogens is 1. The number of esters is 1. The molecule has 0 fully saturated rings. The maximum atomic E-state index is 13.8. The van der Waals surface area contributed by atoms with E-state index < -0.39 is 12.0 Å². The Morgan fingerprint density at radius 1 is 1.05 bits per heavy atom. The molecule has 0 amide bonds. The molecule has 4 aromatic rings. The van der Waals surface area contributed by atoms with Crippen molar-refractivity contribution >= 4 is 35.1 Å². The molecule has 1 atom stereocenters. The van der Waals surface area contributed by atoms with Gasteiger partial charge in [0.05, 0.1) is 28.5 Å². The van der Waals surface area contributed by atoms with Crippen LogP contribution >= 0.6 is 23.1 Å². The molecule has 38 heavy (non-hydrogen) atoms. The molecule has 3 aromatic carbocycles. The Hall–Kier alpha value is -3.88. The van der Waals surface area contributed by atoms with Crippen molar-refractivity contribution in [2.75, 3.05) is 12.9 Å². The van der Waals surface area contributed by atoms with Crippen LogP contribution in [0.5, 0.6) is 11.5 Å². The van der Waals surface area contributed by atoms with Gasteiger partial charge in [0.25, 0.3) is 5.56 Å². The van der Waals surface area contributed by atoms with Crippen molar-refractivity contribution in [1.29, 1.82) is 0 Å². The van der Waals surface area contributed by atoms with E-state index in [0.717, 1.165) is 21.8 Å². The van der Waals surface area contributed by atoms with Crippen molar-refractivity contribution in [1.82, 2.24) is 4.57 Å². The van der Waals surface area contributed by atoms with Gasteiger partial charge in [-0.05, 0) is 73.7 Å². The first-order valence-electron chi connectivity index (χ1n) is 12.1. The number of benzene rings is 3. The minimum Gasteiger partial charge on any atom is -0.463 e. The van der Waals surface area contributed by atoms with E-state index in [-0.39, 0.29) is 12.2 Å². The maximum absolute atomic E-state index is 13.8. The van der Waals surface area contributed by atoms with E-state index >= 15 is 0 Å². The molecule has 2 heterocycles. The summed E-state index contributed by atoms with van der Waals surface area (Å²) in [6.07, 6.45) is 3.84. The smallest absolute Gasteiger partial charge is 0.338 e. The first-order valence-corrected chi connectivity index (χ1v) is 14.2. The van der Waals surface area contributed by atoms with Crippen LogP contribution in [0.25, 0.3) is 6.08 Å². The van der Waals surface area contributed by atoms with Gasteiger partial charge < -0.3 is 9.47 Å². The van der Waals surface area contributed by atoms with Gasteiger partial charge in [0.1, 0.15) is 11.5 Å². The van der Waals surface area contributed by atoms with Gasteiger partial charge in [-0.2, -0.15) is 0 Å². The van der Waals surface area contributed by atoms with E-state index in [0.29, 0.717) is 26.4 Å². The first-order chi connectivity index (χ1) is 18.5. The lowest BCUT2D eigenvalue weighted by molar-refractivity contribution is -0.139. The monoisotopic (exact) mass is 542 g/mol. The highest BCUT2D eigenvalue weighted by Crippen LogP contribution is 2.31. The number of thiazole rings is 1. The van der Waals surface area contributed by atoms with E-state index in [4.69, 9.17) is 9.47 Å². The highest BCUT2D eigenvalue weighted by atomic mass is 32.2.